The Morgan fingerprint density at radius 3 is 2.69 bits per heavy atom. The Hall–Kier alpha value is -1.51. The quantitative estimate of drug-likeness (QED) is 0.716. The van der Waals surface area contributed by atoms with Crippen LogP contribution in [0, 0.1) is 5.92 Å². The SMILES string of the molecule is COc1cc(C(C)=O)ccc1OCC1CC1. The molecule has 0 atom stereocenters. The molecule has 1 fully saturated rings. The first-order valence-corrected chi connectivity index (χ1v) is 5.52. The van der Waals surface area contributed by atoms with Crippen LogP contribution in [-0.2, 0) is 0 Å². The van der Waals surface area contributed by atoms with Gasteiger partial charge in [0.2, 0.25) is 0 Å². The van der Waals surface area contributed by atoms with Gasteiger partial charge in [0.25, 0.3) is 0 Å². The first-order chi connectivity index (χ1) is 7.70. The van der Waals surface area contributed by atoms with E-state index in [-0.39, 0.29) is 5.78 Å². The second-order valence-corrected chi connectivity index (χ2v) is 4.18. The van der Waals surface area contributed by atoms with E-state index in [0.29, 0.717) is 17.2 Å². The third kappa shape index (κ3) is 2.54. The molecule has 0 radical (unpaired) electrons. The van der Waals surface area contributed by atoms with E-state index in [1.807, 2.05) is 0 Å². The lowest BCUT2D eigenvalue weighted by molar-refractivity contribution is 0.101. The number of ketones is 1. The van der Waals surface area contributed by atoms with Crippen molar-refractivity contribution in [2.75, 3.05) is 13.7 Å². The number of carbonyl (C=O) groups is 1. The Morgan fingerprint density at radius 1 is 1.38 bits per heavy atom. The van der Waals surface area contributed by atoms with E-state index in [2.05, 4.69) is 0 Å². The fourth-order valence-electron chi connectivity index (χ4n) is 1.50. The van der Waals surface area contributed by atoms with Gasteiger partial charge in [-0.3, -0.25) is 4.79 Å². The van der Waals surface area contributed by atoms with Gasteiger partial charge in [-0.1, -0.05) is 0 Å². The molecule has 86 valence electrons. The third-order valence-corrected chi connectivity index (χ3v) is 2.74. The van der Waals surface area contributed by atoms with Crippen molar-refractivity contribution in [3.8, 4) is 11.5 Å². The number of hydrogen-bond acceptors (Lipinski definition) is 3. The Morgan fingerprint density at radius 2 is 2.12 bits per heavy atom. The Labute approximate surface area is 95.4 Å². The molecule has 0 heterocycles. The van der Waals surface area contributed by atoms with Crippen molar-refractivity contribution in [3.63, 3.8) is 0 Å². The monoisotopic (exact) mass is 220 g/mol. The van der Waals surface area contributed by atoms with Gasteiger partial charge in [0.1, 0.15) is 0 Å². The predicted molar refractivity (Wildman–Crippen MR) is 61.2 cm³/mol. The molecular formula is C13H16O3. The molecule has 2 rings (SSSR count). The third-order valence-electron chi connectivity index (χ3n) is 2.74. The van der Waals surface area contributed by atoms with Gasteiger partial charge >= 0.3 is 0 Å². The number of hydrogen-bond donors (Lipinski definition) is 0. The van der Waals surface area contributed by atoms with Gasteiger partial charge in [0.05, 0.1) is 13.7 Å². The van der Waals surface area contributed by atoms with E-state index < -0.39 is 0 Å². The van der Waals surface area contributed by atoms with E-state index in [4.69, 9.17) is 9.47 Å². The maximum absolute atomic E-state index is 11.2. The molecule has 0 bridgehead atoms. The van der Waals surface area contributed by atoms with Crippen molar-refractivity contribution in [1.29, 1.82) is 0 Å². The summed E-state index contributed by atoms with van der Waals surface area (Å²) in [6.45, 7) is 2.29. The maximum Gasteiger partial charge on any atom is 0.161 e. The number of rotatable bonds is 5. The van der Waals surface area contributed by atoms with Crippen molar-refractivity contribution in [2.45, 2.75) is 19.8 Å². The highest BCUT2D eigenvalue weighted by atomic mass is 16.5. The van der Waals surface area contributed by atoms with Gasteiger partial charge in [0, 0.05) is 5.56 Å². The summed E-state index contributed by atoms with van der Waals surface area (Å²) in [5, 5.41) is 0. The lowest BCUT2D eigenvalue weighted by Crippen LogP contribution is -2.02. The predicted octanol–water partition coefficient (Wildman–Crippen LogP) is 2.69. The van der Waals surface area contributed by atoms with Crippen LogP contribution in [0.4, 0.5) is 0 Å². The number of Topliss-reactive ketones (excluding diaryl/α,β-unsaturated/α-hetero) is 1. The molecule has 0 spiro atoms. The zero-order valence-corrected chi connectivity index (χ0v) is 9.66. The number of methoxy groups -OCH3 is 1. The minimum atomic E-state index is 0.0343. The highest BCUT2D eigenvalue weighted by Gasteiger charge is 2.22. The molecule has 3 nitrogen and oxygen atoms in total. The van der Waals surface area contributed by atoms with Crippen LogP contribution in [-0.4, -0.2) is 19.5 Å². The summed E-state index contributed by atoms with van der Waals surface area (Å²) < 4.78 is 10.9. The fraction of sp³-hybridized carbons (Fsp3) is 0.462. The van der Waals surface area contributed by atoms with E-state index in [1.54, 1.807) is 32.2 Å². The molecule has 0 amide bonds. The highest BCUT2D eigenvalue weighted by molar-refractivity contribution is 5.94. The van der Waals surface area contributed by atoms with Gasteiger partial charge in [0.15, 0.2) is 17.3 Å². The summed E-state index contributed by atoms with van der Waals surface area (Å²) in [4.78, 5) is 11.2. The minimum absolute atomic E-state index is 0.0343. The second kappa shape index (κ2) is 4.56. The highest BCUT2D eigenvalue weighted by Crippen LogP contribution is 2.33. The van der Waals surface area contributed by atoms with Crippen LogP contribution in [0.15, 0.2) is 18.2 Å². The number of carbonyl (C=O) groups excluding carboxylic acids is 1. The Kier molecular flexibility index (Phi) is 3.13. The molecule has 0 unspecified atom stereocenters. The molecule has 1 aliphatic rings. The summed E-state index contributed by atoms with van der Waals surface area (Å²) in [5.74, 6) is 2.09. The maximum atomic E-state index is 11.2. The fourth-order valence-corrected chi connectivity index (χ4v) is 1.50. The van der Waals surface area contributed by atoms with Crippen molar-refractivity contribution < 1.29 is 14.3 Å². The van der Waals surface area contributed by atoms with Crippen LogP contribution in [0.1, 0.15) is 30.1 Å². The topological polar surface area (TPSA) is 35.5 Å². The summed E-state index contributed by atoms with van der Waals surface area (Å²) >= 11 is 0. The van der Waals surface area contributed by atoms with Crippen LogP contribution >= 0.6 is 0 Å². The van der Waals surface area contributed by atoms with E-state index in [0.717, 1.165) is 12.4 Å². The van der Waals surface area contributed by atoms with Gasteiger partial charge < -0.3 is 9.47 Å². The summed E-state index contributed by atoms with van der Waals surface area (Å²) in [6, 6.07) is 5.30. The number of ether oxygens (including phenoxy) is 2. The molecule has 0 aromatic heterocycles. The molecule has 0 aliphatic heterocycles. The van der Waals surface area contributed by atoms with Crippen LogP contribution in [0.2, 0.25) is 0 Å². The molecule has 0 N–H and O–H groups in total. The first-order valence-electron chi connectivity index (χ1n) is 5.52. The summed E-state index contributed by atoms with van der Waals surface area (Å²) in [5.41, 5.74) is 0.649. The van der Waals surface area contributed by atoms with Crippen LogP contribution in [0.5, 0.6) is 11.5 Å². The van der Waals surface area contributed by atoms with E-state index in [9.17, 15) is 4.79 Å². The largest absolute Gasteiger partial charge is 0.493 e. The Balaban J connectivity index is 2.12. The Bertz CT molecular complexity index is 394. The zero-order chi connectivity index (χ0) is 11.5. The molecule has 1 aromatic rings. The smallest absolute Gasteiger partial charge is 0.161 e. The van der Waals surface area contributed by atoms with Gasteiger partial charge in [-0.2, -0.15) is 0 Å². The lowest BCUT2D eigenvalue weighted by atomic mass is 10.1. The summed E-state index contributed by atoms with van der Waals surface area (Å²) in [6.07, 6.45) is 2.52. The van der Waals surface area contributed by atoms with Gasteiger partial charge in [-0.05, 0) is 43.9 Å². The normalized spacial score (nSPS) is 14.6. The molecule has 1 aromatic carbocycles. The number of benzene rings is 1. The summed E-state index contributed by atoms with van der Waals surface area (Å²) in [7, 11) is 1.59. The first kappa shape index (κ1) is 11.0. The minimum Gasteiger partial charge on any atom is -0.493 e. The van der Waals surface area contributed by atoms with Crippen LogP contribution < -0.4 is 9.47 Å². The standard InChI is InChI=1S/C13H16O3/c1-9(14)11-5-6-12(13(7-11)15-2)16-8-10-3-4-10/h5-7,10H,3-4,8H2,1-2H3. The van der Waals surface area contributed by atoms with Gasteiger partial charge in [-0.25, -0.2) is 0 Å². The lowest BCUT2D eigenvalue weighted by Gasteiger charge is -2.10. The second-order valence-electron chi connectivity index (χ2n) is 4.18. The van der Waals surface area contributed by atoms with E-state index in [1.165, 1.54) is 12.8 Å². The van der Waals surface area contributed by atoms with Crippen molar-refractivity contribution in [2.24, 2.45) is 5.92 Å². The molecule has 1 saturated carbocycles. The van der Waals surface area contributed by atoms with Crippen LogP contribution in [0.3, 0.4) is 0 Å². The molecular weight excluding hydrogens is 204 g/mol. The molecule has 0 saturated heterocycles. The molecule has 1 aliphatic carbocycles. The van der Waals surface area contributed by atoms with Crippen molar-refractivity contribution in [3.05, 3.63) is 23.8 Å². The van der Waals surface area contributed by atoms with Gasteiger partial charge in [-0.15, -0.1) is 0 Å². The average molecular weight is 220 g/mol. The van der Waals surface area contributed by atoms with Crippen molar-refractivity contribution in [1.82, 2.24) is 0 Å². The average Bonchev–Trinajstić information content (AvgIpc) is 3.09. The van der Waals surface area contributed by atoms with Crippen LogP contribution in [0.25, 0.3) is 0 Å². The van der Waals surface area contributed by atoms with Crippen molar-refractivity contribution >= 4 is 5.78 Å². The van der Waals surface area contributed by atoms with E-state index >= 15 is 0 Å². The molecule has 3 heteroatoms. The zero-order valence-electron chi connectivity index (χ0n) is 9.66. The molecule has 16 heavy (non-hydrogen) atoms.